The van der Waals surface area contributed by atoms with Gasteiger partial charge in [-0.25, -0.2) is 13.2 Å². The maximum Gasteiger partial charge on any atom is 0.230 e. The average Bonchev–Trinajstić information content (AvgIpc) is 2.87. The summed E-state index contributed by atoms with van der Waals surface area (Å²) < 4.78 is 57.7. The molecular weight excluding hydrogens is 507 g/mol. The zero-order chi connectivity index (χ0) is 26.5. The number of hydrogen-bond donors (Lipinski definition) is 2. The molecule has 1 amide bonds. The van der Waals surface area contributed by atoms with Crippen molar-refractivity contribution in [1.29, 1.82) is 0 Å². The zero-order valence-electron chi connectivity index (χ0n) is 19.6. The highest BCUT2D eigenvalue weighted by Crippen LogP contribution is 2.37. The monoisotopic (exact) mass is 527 g/mol. The molecule has 0 aliphatic rings. The maximum absolute atomic E-state index is 14.8. The molecule has 0 atom stereocenters. The first-order chi connectivity index (χ1) is 17.8. The van der Waals surface area contributed by atoms with Crippen LogP contribution in [0.2, 0.25) is 0 Å². The van der Waals surface area contributed by atoms with Crippen LogP contribution >= 0.6 is 12.2 Å². The summed E-state index contributed by atoms with van der Waals surface area (Å²) in [6.07, 6.45) is 1.31. The van der Waals surface area contributed by atoms with E-state index < -0.39 is 23.4 Å². The van der Waals surface area contributed by atoms with Gasteiger partial charge in [0.1, 0.15) is 17.3 Å². The number of thiocarbonyl (C=S) groups is 1. The quantitative estimate of drug-likeness (QED) is 0.307. The van der Waals surface area contributed by atoms with Gasteiger partial charge in [0.25, 0.3) is 0 Å². The number of carbonyl (C=O) groups is 1. The third kappa shape index (κ3) is 6.07. The number of aromatic nitrogens is 1. The van der Waals surface area contributed by atoms with Crippen molar-refractivity contribution in [3.05, 3.63) is 83.8 Å². The number of anilines is 1. The number of nitrogens with zero attached hydrogens (tertiary/aromatic N) is 1. The van der Waals surface area contributed by atoms with Gasteiger partial charge in [-0.1, -0.05) is 6.07 Å². The van der Waals surface area contributed by atoms with Gasteiger partial charge in [0.05, 0.1) is 31.8 Å². The SMILES string of the molecule is COc1cc2nccc(Oc3ccc(NC(=S)NC(=O)Cc4ccc(F)c(F)c4)c(F)c3)c2cc1OC. The van der Waals surface area contributed by atoms with Gasteiger partial charge >= 0.3 is 0 Å². The first kappa shape index (κ1) is 25.7. The molecule has 2 N–H and O–H groups in total. The first-order valence-corrected chi connectivity index (χ1v) is 11.2. The van der Waals surface area contributed by atoms with Gasteiger partial charge < -0.3 is 24.8 Å². The normalized spacial score (nSPS) is 10.6. The summed E-state index contributed by atoms with van der Waals surface area (Å²) in [7, 11) is 3.03. The highest BCUT2D eigenvalue weighted by molar-refractivity contribution is 7.80. The van der Waals surface area contributed by atoms with Crippen molar-refractivity contribution in [3.8, 4) is 23.0 Å². The molecule has 0 radical (unpaired) electrons. The molecule has 0 fully saturated rings. The summed E-state index contributed by atoms with van der Waals surface area (Å²) in [5.74, 6) is -1.72. The molecule has 0 spiro atoms. The van der Waals surface area contributed by atoms with Gasteiger partial charge in [-0.05, 0) is 54.2 Å². The van der Waals surface area contributed by atoms with Gasteiger partial charge in [-0.15, -0.1) is 0 Å². The van der Waals surface area contributed by atoms with Gasteiger partial charge in [0, 0.05) is 23.7 Å². The number of fused-ring (bicyclic) bond motifs is 1. The number of nitrogens with one attached hydrogen (secondary N) is 2. The summed E-state index contributed by atoms with van der Waals surface area (Å²) in [4.78, 5) is 16.5. The van der Waals surface area contributed by atoms with E-state index in [1.807, 2.05) is 0 Å². The second kappa shape index (κ2) is 11.1. The number of pyridine rings is 1. The Morgan fingerprint density at radius 3 is 2.35 bits per heavy atom. The Labute approximate surface area is 215 Å². The number of hydrogen-bond acceptors (Lipinski definition) is 6. The first-order valence-electron chi connectivity index (χ1n) is 10.8. The van der Waals surface area contributed by atoms with Crippen LogP contribution in [0.1, 0.15) is 5.56 Å². The van der Waals surface area contributed by atoms with Gasteiger partial charge in [0.15, 0.2) is 28.2 Å². The molecule has 37 heavy (non-hydrogen) atoms. The van der Waals surface area contributed by atoms with E-state index in [9.17, 15) is 18.0 Å². The minimum absolute atomic E-state index is 0.00327. The number of amides is 1. The molecule has 190 valence electrons. The minimum atomic E-state index is -1.06. The molecule has 0 unspecified atom stereocenters. The molecule has 0 saturated heterocycles. The summed E-state index contributed by atoms with van der Waals surface area (Å²) in [6.45, 7) is 0. The van der Waals surface area contributed by atoms with Crippen molar-refractivity contribution < 1.29 is 32.2 Å². The van der Waals surface area contributed by atoms with Crippen LogP contribution in [0.4, 0.5) is 18.9 Å². The van der Waals surface area contributed by atoms with Crippen molar-refractivity contribution in [3.63, 3.8) is 0 Å². The fourth-order valence-corrected chi connectivity index (χ4v) is 3.71. The lowest BCUT2D eigenvalue weighted by atomic mass is 10.1. The number of halogens is 3. The Hall–Kier alpha value is -4.38. The Balaban J connectivity index is 1.43. The third-order valence-corrected chi connectivity index (χ3v) is 5.43. The van der Waals surface area contributed by atoms with E-state index in [1.165, 1.54) is 32.4 Å². The number of carbonyl (C=O) groups excluding carboxylic acids is 1. The molecule has 0 aliphatic carbocycles. The lowest BCUT2D eigenvalue weighted by Crippen LogP contribution is -2.35. The molecular formula is C26H20F3N3O4S. The molecule has 0 aliphatic heterocycles. The van der Waals surface area contributed by atoms with Crippen LogP contribution in [0.3, 0.4) is 0 Å². The van der Waals surface area contributed by atoms with Crippen LogP contribution in [-0.2, 0) is 11.2 Å². The second-order valence-corrected chi connectivity index (χ2v) is 8.11. The Bertz CT molecular complexity index is 1500. The number of benzene rings is 3. The summed E-state index contributed by atoms with van der Waals surface area (Å²) in [5.41, 5.74) is 0.849. The molecule has 1 heterocycles. The van der Waals surface area contributed by atoms with E-state index in [0.717, 1.165) is 18.2 Å². The van der Waals surface area contributed by atoms with Crippen molar-refractivity contribution in [2.75, 3.05) is 19.5 Å². The van der Waals surface area contributed by atoms with E-state index in [1.54, 1.807) is 24.4 Å². The Kier molecular flexibility index (Phi) is 7.73. The fraction of sp³-hybridized carbons (Fsp3) is 0.115. The van der Waals surface area contributed by atoms with Crippen LogP contribution < -0.4 is 24.8 Å². The highest BCUT2D eigenvalue weighted by atomic mass is 32.1. The van der Waals surface area contributed by atoms with E-state index in [0.29, 0.717) is 28.2 Å². The van der Waals surface area contributed by atoms with Crippen LogP contribution in [0.25, 0.3) is 10.9 Å². The molecule has 11 heteroatoms. The van der Waals surface area contributed by atoms with Gasteiger partial charge in [-0.2, -0.15) is 0 Å². The van der Waals surface area contributed by atoms with Crippen LogP contribution in [-0.4, -0.2) is 30.2 Å². The molecule has 0 saturated carbocycles. The van der Waals surface area contributed by atoms with E-state index in [2.05, 4.69) is 15.6 Å². The number of ether oxygens (including phenoxy) is 3. The topological polar surface area (TPSA) is 81.7 Å². The molecule has 4 rings (SSSR count). The van der Waals surface area contributed by atoms with Crippen LogP contribution in [0.15, 0.2) is 60.8 Å². The summed E-state index contributed by atoms with van der Waals surface area (Å²) in [5, 5.41) is 5.43. The number of methoxy groups -OCH3 is 2. The summed E-state index contributed by atoms with van der Waals surface area (Å²) >= 11 is 5.07. The van der Waals surface area contributed by atoms with Crippen molar-refractivity contribution >= 4 is 39.8 Å². The second-order valence-electron chi connectivity index (χ2n) is 7.70. The van der Waals surface area contributed by atoms with Gasteiger partial charge in [0.2, 0.25) is 5.91 Å². The largest absolute Gasteiger partial charge is 0.493 e. The van der Waals surface area contributed by atoms with Crippen molar-refractivity contribution in [1.82, 2.24) is 10.3 Å². The standard InChI is InChI=1S/C26H20F3N3O4S/c1-34-23-12-16-21(13-24(23)35-2)30-8-7-22(16)36-15-4-6-20(19(29)11-15)31-26(37)32-25(33)10-14-3-5-17(27)18(28)9-14/h3-9,11-13H,10H2,1-2H3,(H2,31,32,33,37). The van der Waals surface area contributed by atoms with E-state index in [4.69, 9.17) is 26.4 Å². The molecule has 7 nitrogen and oxygen atoms in total. The Morgan fingerprint density at radius 1 is 0.892 bits per heavy atom. The fourth-order valence-electron chi connectivity index (χ4n) is 3.48. The highest BCUT2D eigenvalue weighted by Gasteiger charge is 2.14. The van der Waals surface area contributed by atoms with Crippen LogP contribution in [0, 0.1) is 17.5 Å². The lowest BCUT2D eigenvalue weighted by Gasteiger charge is -2.14. The van der Waals surface area contributed by atoms with Gasteiger partial charge in [-0.3, -0.25) is 9.78 Å². The predicted molar refractivity (Wildman–Crippen MR) is 136 cm³/mol. The zero-order valence-corrected chi connectivity index (χ0v) is 20.4. The average molecular weight is 528 g/mol. The maximum atomic E-state index is 14.8. The lowest BCUT2D eigenvalue weighted by molar-refractivity contribution is -0.119. The third-order valence-electron chi connectivity index (χ3n) is 5.23. The van der Waals surface area contributed by atoms with Crippen LogP contribution in [0.5, 0.6) is 23.0 Å². The Morgan fingerprint density at radius 2 is 1.65 bits per heavy atom. The number of rotatable bonds is 7. The van der Waals surface area contributed by atoms with Crippen molar-refractivity contribution in [2.24, 2.45) is 0 Å². The smallest absolute Gasteiger partial charge is 0.230 e. The molecule has 3 aromatic carbocycles. The molecule has 1 aromatic heterocycles. The predicted octanol–water partition coefficient (Wildman–Crippen LogP) is 5.52. The minimum Gasteiger partial charge on any atom is -0.493 e. The van der Waals surface area contributed by atoms with E-state index in [-0.39, 0.29) is 28.5 Å². The molecule has 0 bridgehead atoms. The van der Waals surface area contributed by atoms with Crippen molar-refractivity contribution in [2.45, 2.75) is 6.42 Å². The summed E-state index contributed by atoms with van der Waals surface area (Å²) in [6, 6.07) is 12.2. The van der Waals surface area contributed by atoms with E-state index >= 15 is 0 Å². The molecule has 4 aromatic rings.